The third-order valence-electron chi connectivity index (χ3n) is 5.60. The summed E-state index contributed by atoms with van der Waals surface area (Å²) in [7, 11) is 0. The lowest BCUT2D eigenvalue weighted by Crippen LogP contribution is -2.49. The van der Waals surface area contributed by atoms with E-state index in [2.05, 4.69) is 10.2 Å². The molecule has 21 heavy (non-hydrogen) atoms. The van der Waals surface area contributed by atoms with Gasteiger partial charge in [0.2, 0.25) is 0 Å². The molecule has 2 heterocycles. The number of nitrogens with one attached hydrogen (secondary N) is 1. The molecule has 4 nitrogen and oxygen atoms in total. The van der Waals surface area contributed by atoms with Crippen LogP contribution in [0.4, 0.5) is 0 Å². The van der Waals surface area contributed by atoms with Gasteiger partial charge in [0, 0.05) is 24.7 Å². The minimum atomic E-state index is 0.0229. The highest BCUT2D eigenvalue weighted by molar-refractivity contribution is 5.72. The Balaban J connectivity index is 1.51. The normalized spacial score (nSPS) is 37.2. The highest BCUT2D eigenvalue weighted by Crippen LogP contribution is 2.30. The van der Waals surface area contributed by atoms with Gasteiger partial charge in [-0.15, -0.1) is 0 Å². The summed E-state index contributed by atoms with van der Waals surface area (Å²) < 4.78 is 5.21. The van der Waals surface area contributed by atoms with Gasteiger partial charge in [-0.2, -0.15) is 0 Å². The number of nitrogens with zero attached hydrogens (tertiary/aromatic N) is 1. The summed E-state index contributed by atoms with van der Waals surface area (Å²) >= 11 is 0. The highest BCUT2D eigenvalue weighted by Gasteiger charge is 2.37. The first-order valence-electron chi connectivity index (χ1n) is 8.94. The van der Waals surface area contributed by atoms with Crippen LogP contribution in [0.15, 0.2) is 0 Å². The Bertz CT molecular complexity index is 361. The Morgan fingerprint density at radius 2 is 2.05 bits per heavy atom. The molecule has 0 aromatic rings. The van der Waals surface area contributed by atoms with Crippen LogP contribution in [0.3, 0.4) is 0 Å². The molecule has 0 radical (unpaired) electrons. The molecule has 120 valence electrons. The third-order valence-corrected chi connectivity index (χ3v) is 5.60. The number of fused-ring (bicyclic) bond motifs is 1. The van der Waals surface area contributed by atoms with E-state index in [1.54, 1.807) is 0 Å². The number of carbonyl (C=O) groups is 1. The van der Waals surface area contributed by atoms with Gasteiger partial charge in [0.05, 0.1) is 12.5 Å². The van der Waals surface area contributed by atoms with Crippen molar-refractivity contribution in [1.82, 2.24) is 10.2 Å². The van der Waals surface area contributed by atoms with Crippen LogP contribution >= 0.6 is 0 Å². The maximum Gasteiger partial charge on any atom is 0.308 e. The second kappa shape index (κ2) is 7.10. The van der Waals surface area contributed by atoms with E-state index in [0.29, 0.717) is 18.7 Å². The number of piperidine rings is 1. The van der Waals surface area contributed by atoms with Gasteiger partial charge in [0.15, 0.2) is 0 Å². The van der Waals surface area contributed by atoms with Crippen molar-refractivity contribution < 1.29 is 9.53 Å². The molecule has 3 rings (SSSR count). The maximum absolute atomic E-state index is 12.0. The lowest BCUT2D eigenvalue weighted by Gasteiger charge is -2.36. The molecular formula is C17H30N2O2. The van der Waals surface area contributed by atoms with Crippen LogP contribution in [-0.4, -0.2) is 48.7 Å². The Labute approximate surface area is 128 Å². The van der Waals surface area contributed by atoms with Gasteiger partial charge in [-0.05, 0) is 52.0 Å². The Hall–Kier alpha value is -0.610. The molecule has 1 aliphatic carbocycles. The molecule has 4 unspecified atom stereocenters. The SMILES string of the molecule is CCOC(=O)C1CCCC(NC2CCN3CCCCC23)C1. The van der Waals surface area contributed by atoms with Crippen LogP contribution in [0.5, 0.6) is 0 Å². The monoisotopic (exact) mass is 294 g/mol. The second-order valence-electron chi connectivity index (χ2n) is 6.97. The lowest BCUT2D eigenvalue weighted by molar-refractivity contribution is -0.149. The van der Waals surface area contributed by atoms with Crippen molar-refractivity contribution in [1.29, 1.82) is 0 Å². The molecule has 4 atom stereocenters. The van der Waals surface area contributed by atoms with Gasteiger partial charge in [-0.3, -0.25) is 9.69 Å². The molecule has 3 aliphatic rings. The van der Waals surface area contributed by atoms with Crippen molar-refractivity contribution in [2.45, 2.75) is 76.4 Å². The molecule has 0 aromatic carbocycles. The highest BCUT2D eigenvalue weighted by atomic mass is 16.5. The zero-order valence-electron chi connectivity index (χ0n) is 13.4. The molecule has 0 amide bonds. The molecule has 0 spiro atoms. The number of hydrogen-bond donors (Lipinski definition) is 1. The first-order valence-corrected chi connectivity index (χ1v) is 8.94. The van der Waals surface area contributed by atoms with Crippen molar-refractivity contribution in [2.75, 3.05) is 19.7 Å². The minimum Gasteiger partial charge on any atom is -0.466 e. The standard InChI is InChI=1S/C17H30N2O2/c1-2-21-17(20)13-6-5-7-14(12-13)18-15-9-11-19-10-4-3-8-16(15)19/h13-16,18H,2-12H2,1H3. The first-order chi connectivity index (χ1) is 10.3. The van der Waals surface area contributed by atoms with Gasteiger partial charge in [0.1, 0.15) is 0 Å². The summed E-state index contributed by atoms with van der Waals surface area (Å²) in [5.41, 5.74) is 0. The summed E-state index contributed by atoms with van der Waals surface area (Å²) in [4.78, 5) is 14.6. The molecule has 3 fully saturated rings. The third kappa shape index (κ3) is 3.59. The average molecular weight is 294 g/mol. The van der Waals surface area contributed by atoms with E-state index in [1.165, 1.54) is 45.2 Å². The first kappa shape index (κ1) is 15.3. The lowest BCUT2D eigenvalue weighted by atomic mass is 9.85. The number of hydrogen-bond acceptors (Lipinski definition) is 4. The predicted molar refractivity (Wildman–Crippen MR) is 83.1 cm³/mol. The van der Waals surface area contributed by atoms with Crippen LogP contribution in [0, 0.1) is 5.92 Å². The zero-order chi connectivity index (χ0) is 14.7. The van der Waals surface area contributed by atoms with E-state index in [1.807, 2.05) is 6.92 Å². The fraction of sp³-hybridized carbons (Fsp3) is 0.941. The second-order valence-corrected chi connectivity index (χ2v) is 6.97. The minimum absolute atomic E-state index is 0.0229. The fourth-order valence-corrected chi connectivity index (χ4v) is 4.56. The van der Waals surface area contributed by atoms with Crippen molar-refractivity contribution in [3.05, 3.63) is 0 Å². The number of carbonyl (C=O) groups excluding carboxylic acids is 1. The van der Waals surface area contributed by atoms with E-state index in [-0.39, 0.29) is 11.9 Å². The maximum atomic E-state index is 12.0. The molecular weight excluding hydrogens is 264 g/mol. The van der Waals surface area contributed by atoms with Crippen molar-refractivity contribution >= 4 is 5.97 Å². The Morgan fingerprint density at radius 3 is 2.90 bits per heavy atom. The van der Waals surface area contributed by atoms with E-state index < -0.39 is 0 Å². The molecule has 0 bridgehead atoms. The van der Waals surface area contributed by atoms with Crippen LogP contribution in [0.1, 0.15) is 58.3 Å². The number of ether oxygens (including phenoxy) is 1. The van der Waals surface area contributed by atoms with E-state index >= 15 is 0 Å². The van der Waals surface area contributed by atoms with Gasteiger partial charge in [-0.1, -0.05) is 12.8 Å². The van der Waals surface area contributed by atoms with Gasteiger partial charge >= 0.3 is 5.97 Å². The van der Waals surface area contributed by atoms with Crippen LogP contribution < -0.4 is 5.32 Å². The topological polar surface area (TPSA) is 41.6 Å². The van der Waals surface area contributed by atoms with Crippen molar-refractivity contribution in [3.8, 4) is 0 Å². The fourth-order valence-electron chi connectivity index (χ4n) is 4.56. The summed E-state index contributed by atoms with van der Waals surface area (Å²) in [6, 6.07) is 1.91. The molecule has 1 saturated carbocycles. The molecule has 2 saturated heterocycles. The molecule has 2 aliphatic heterocycles. The quantitative estimate of drug-likeness (QED) is 0.808. The smallest absolute Gasteiger partial charge is 0.308 e. The Kier molecular flexibility index (Phi) is 5.17. The summed E-state index contributed by atoms with van der Waals surface area (Å²) in [5.74, 6) is 0.148. The predicted octanol–water partition coefficient (Wildman–Crippen LogP) is 2.32. The molecule has 4 heteroatoms. The van der Waals surface area contributed by atoms with Gasteiger partial charge < -0.3 is 10.1 Å². The van der Waals surface area contributed by atoms with E-state index in [9.17, 15) is 4.79 Å². The number of esters is 1. The summed E-state index contributed by atoms with van der Waals surface area (Å²) in [5, 5.41) is 3.89. The van der Waals surface area contributed by atoms with Gasteiger partial charge in [-0.25, -0.2) is 0 Å². The zero-order valence-corrected chi connectivity index (χ0v) is 13.4. The van der Waals surface area contributed by atoms with Gasteiger partial charge in [0.25, 0.3) is 0 Å². The van der Waals surface area contributed by atoms with Crippen LogP contribution in [0.25, 0.3) is 0 Å². The van der Waals surface area contributed by atoms with Crippen molar-refractivity contribution in [3.63, 3.8) is 0 Å². The summed E-state index contributed by atoms with van der Waals surface area (Å²) in [6.45, 7) is 4.95. The van der Waals surface area contributed by atoms with Crippen LogP contribution in [-0.2, 0) is 9.53 Å². The average Bonchev–Trinajstić information content (AvgIpc) is 2.91. The van der Waals surface area contributed by atoms with Crippen LogP contribution in [0.2, 0.25) is 0 Å². The molecule has 1 N–H and O–H groups in total. The summed E-state index contributed by atoms with van der Waals surface area (Å²) in [6.07, 6.45) is 9.75. The molecule has 0 aromatic heterocycles. The van der Waals surface area contributed by atoms with Crippen molar-refractivity contribution in [2.24, 2.45) is 5.92 Å². The largest absolute Gasteiger partial charge is 0.466 e. The van der Waals surface area contributed by atoms with E-state index in [0.717, 1.165) is 25.3 Å². The Morgan fingerprint density at radius 1 is 1.14 bits per heavy atom. The van der Waals surface area contributed by atoms with E-state index in [4.69, 9.17) is 4.74 Å². The number of rotatable bonds is 4.